The van der Waals surface area contributed by atoms with Gasteiger partial charge in [0.15, 0.2) is 0 Å². The number of nitrogens with zero attached hydrogens (tertiary/aromatic N) is 2. The summed E-state index contributed by atoms with van der Waals surface area (Å²) in [5.41, 5.74) is 1.09. The maximum atomic E-state index is 11.3. The minimum atomic E-state index is -0.553. The Hall–Kier alpha value is -1.69. The van der Waals surface area contributed by atoms with Crippen LogP contribution < -0.4 is 0 Å². The zero-order valence-electron chi connectivity index (χ0n) is 8.67. The van der Waals surface area contributed by atoms with E-state index in [-0.39, 0.29) is 5.82 Å². The third-order valence-corrected chi connectivity index (χ3v) is 2.59. The van der Waals surface area contributed by atoms with Gasteiger partial charge < -0.3 is 9.26 Å². The highest BCUT2D eigenvalue weighted by molar-refractivity contribution is 7.07. The van der Waals surface area contributed by atoms with Gasteiger partial charge in [-0.1, -0.05) is 0 Å². The van der Waals surface area contributed by atoms with E-state index in [4.69, 9.17) is 9.26 Å². The fourth-order valence-corrected chi connectivity index (χ4v) is 1.84. The Kier molecular flexibility index (Phi) is 3.31. The molecule has 0 amide bonds. The van der Waals surface area contributed by atoms with Crippen molar-refractivity contribution in [3.63, 3.8) is 0 Å². The monoisotopic (exact) mass is 238 g/mol. The van der Waals surface area contributed by atoms with Gasteiger partial charge in [-0.25, -0.2) is 4.79 Å². The molecule has 0 aliphatic rings. The van der Waals surface area contributed by atoms with Crippen LogP contribution in [-0.2, 0) is 11.2 Å². The molecule has 16 heavy (non-hydrogen) atoms. The van der Waals surface area contributed by atoms with Crippen LogP contribution in [0.2, 0.25) is 0 Å². The highest BCUT2D eigenvalue weighted by Crippen LogP contribution is 2.11. The molecule has 2 rings (SSSR count). The van der Waals surface area contributed by atoms with Crippen LogP contribution in [0.15, 0.2) is 21.3 Å². The van der Waals surface area contributed by atoms with Gasteiger partial charge >= 0.3 is 5.97 Å². The lowest BCUT2D eigenvalue weighted by Gasteiger charge is -1.93. The number of thiophene rings is 1. The van der Waals surface area contributed by atoms with Crippen LogP contribution in [0.5, 0.6) is 0 Å². The molecule has 0 saturated heterocycles. The first-order valence-corrected chi connectivity index (χ1v) is 5.74. The third kappa shape index (κ3) is 2.46. The molecule has 0 fully saturated rings. The number of hydrogen-bond donors (Lipinski definition) is 0. The summed E-state index contributed by atoms with van der Waals surface area (Å²) < 4.78 is 9.70. The van der Waals surface area contributed by atoms with Crippen LogP contribution in [0.3, 0.4) is 0 Å². The van der Waals surface area contributed by atoms with Crippen molar-refractivity contribution in [2.24, 2.45) is 0 Å². The maximum absolute atomic E-state index is 11.3. The molecule has 0 unspecified atom stereocenters. The third-order valence-electron chi connectivity index (χ3n) is 1.86. The van der Waals surface area contributed by atoms with Gasteiger partial charge in [-0.3, -0.25) is 0 Å². The molecule has 0 spiro atoms. The Labute approximate surface area is 96.0 Å². The largest absolute Gasteiger partial charge is 0.460 e. The predicted molar refractivity (Wildman–Crippen MR) is 57.4 cm³/mol. The van der Waals surface area contributed by atoms with E-state index in [9.17, 15) is 4.79 Å². The molecule has 2 aromatic heterocycles. The first kappa shape index (κ1) is 10.8. The first-order valence-electron chi connectivity index (χ1n) is 4.80. The topological polar surface area (TPSA) is 65.2 Å². The minimum Gasteiger partial charge on any atom is -0.460 e. The van der Waals surface area contributed by atoms with Gasteiger partial charge in [0.25, 0.3) is 5.82 Å². The fraction of sp³-hybridized carbons (Fsp3) is 0.300. The number of aromatic nitrogens is 2. The van der Waals surface area contributed by atoms with Crippen LogP contribution in [0.25, 0.3) is 0 Å². The summed E-state index contributed by atoms with van der Waals surface area (Å²) in [5, 5.41) is 7.52. The van der Waals surface area contributed by atoms with Gasteiger partial charge in [-0.2, -0.15) is 16.3 Å². The van der Waals surface area contributed by atoms with Gasteiger partial charge in [0.1, 0.15) is 0 Å². The Balaban J connectivity index is 2.05. The van der Waals surface area contributed by atoms with Gasteiger partial charge in [-0.05, 0) is 34.5 Å². The van der Waals surface area contributed by atoms with Crippen molar-refractivity contribution in [1.82, 2.24) is 10.1 Å². The molecule has 2 aromatic rings. The summed E-state index contributed by atoms with van der Waals surface area (Å²) in [7, 11) is 0. The molecule has 0 aromatic carbocycles. The van der Waals surface area contributed by atoms with Crippen molar-refractivity contribution in [2.75, 3.05) is 6.61 Å². The number of ether oxygens (including phenoxy) is 1. The number of carbonyl (C=O) groups is 1. The molecule has 0 saturated carbocycles. The van der Waals surface area contributed by atoms with Gasteiger partial charge in [0.05, 0.1) is 13.0 Å². The Morgan fingerprint density at radius 3 is 3.19 bits per heavy atom. The molecule has 0 aliphatic heterocycles. The molecule has 2 heterocycles. The van der Waals surface area contributed by atoms with Crippen molar-refractivity contribution in [3.05, 3.63) is 34.1 Å². The zero-order valence-corrected chi connectivity index (χ0v) is 9.49. The van der Waals surface area contributed by atoms with E-state index in [1.807, 2.05) is 16.8 Å². The van der Waals surface area contributed by atoms with E-state index in [1.165, 1.54) is 0 Å². The van der Waals surface area contributed by atoms with E-state index in [0.29, 0.717) is 18.9 Å². The van der Waals surface area contributed by atoms with E-state index < -0.39 is 5.97 Å². The lowest BCUT2D eigenvalue weighted by molar-refractivity contribution is 0.0508. The molecule has 0 atom stereocenters. The number of carbonyl (C=O) groups excluding carboxylic acids is 1. The summed E-state index contributed by atoms with van der Waals surface area (Å²) in [5.74, 6) is -0.156. The molecule has 6 heteroatoms. The summed E-state index contributed by atoms with van der Waals surface area (Å²) in [4.78, 5) is 15.2. The number of rotatable bonds is 4. The van der Waals surface area contributed by atoms with Crippen molar-refractivity contribution in [3.8, 4) is 0 Å². The smallest absolute Gasteiger partial charge is 0.379 e. The van der Waals surface area contributed by atoms with Gasteiger partial charge in [-0.15, -0.1) is 0 Å². The summed E-state index contributed by atoms with van der Waals surface area (Å²) in [6.45, 7) is 2.03. The molecule has 84 valence electrons. The number of esters is 1. The fourth-order valence-electron chi connectivity index (χ4n) is 1.17. The van der Waals surface area contributed by atoms with E-state index in [2.05, 4.69) is 10.1 Å². The molecular weight excluding hydrogens is 228 g/mol. The predicted octanol–water partition coefficient (Wildman–Crippen LogP) is 1.90. The minimum absolute atomic E-state index is 0.0212. The van der Waals surface area contributed by atoms with Crippen LogP contribution in [0, 0.1) is 0 Å². The Morgan fingerprint density at radius 1 is 1.62 bits per heavy atom. The van der Waals surface area contributed by atoms with Crippen molar-refractivity contribution >= 4 is 17.3 Å². The summed E-state index contributed by atoms with van der Waals surface area (Å²) in [6, 6.07) is 1.97. The second-order valence-electron chi connectivity index (χ2n) is 3.04. The van der Waals surface area contributed by atoms with Crippen molar-refractivity contribution in [1.29, 1.82) is 0 Å². The van der Waals surface area contributed by atoms with Crippen LogP contribution >= 0.6 is 11.3 Å². The van der Waals surface area contributed by atoms with E-state index in [1.54, 1.807) is 18.3 Å². The highest BCUT2D eigenvalue weighted by atomic mass is 32.1. The maximum Gasteiger partial charge on any atom is 0.379 e. The molecule has 5 nitrogen and oxygen atoms in total. The zero-order chi connectivity index (χ0) is 11.4. The van der Waals surface area contributed by atoms with Gasteiger partial charge in [0, 0.05) is 0 Å². The lowest BCUT2D eigenvalue weighted by Crippen LogP contribution is -2.06. The summed E-state index contributed by atoms with van der Waals surface area (Å²) in [6.07, 6.45) is 0.538. The normalized spacial score (nSPS) is 10.3. The van der Waals surface area contributed by atoms with Crippen LogP contribution in [0.1, 0.15) is 29.0 Å². The van der Waals surface area contributed by atoms with Crippen molar-refractivity contribution in [2.45, 2.75) is 13.3 Å². The van der Waals surface area contributed by atoms with Crippen LogP contribution in [0.4, 0.5) is 0 Å². The quantitative estimate of drug-likeness (QED) is 0.761. The van der Waals surface area contributed by atoms with Crippen molar-refractivity contribution < 1.29 is 14.1 Å². The molecular formula is C10H10N2O3S. The number of hydrogen-bond acceptors (Lipinski definition) is 6. The van der Waals surface area contributed by atoms with Gasteiger partial charge in [0.2, 0.25) is 5.89 Å². The standard InChI is InChI=1S/C10H10N2O3S/c1-2-14-10(13)9-11-8(15-12-9)5-7-3-4-16-6-7/h3-4,6H,2,5H2,1H3. The van der Waals surface area contributed by atoms with Crippen LogP contribution in [-0.4, -0.2) is 22.7 Å². The second kappa shape index (κ2) is 4.89. The Bertz CT molecular complexity index is 464. The van der Waals surface area contributed by atoms with E-state index >= 15 is 0 Å². The average molecular weight is 238 g/mol. The molecule has 0 aliphatic carbocycles. The SMILES string of the molecule is CCOC(=O)c1noc(Cc2ccsc2)n1. The summed E-state index contributed by atoms with van der Waals surface area (Å²) >= 11 is 1.60. The molecule has 0 N–H and O–H groups in total. The molecule has 0 radical (unpaired) electrons. The average Bonchev–Trinajstić information content (AvgIpc) is 2.90. The Morgan fingerprint density at radius 2 is 2.50 bits per heavy atom. The van der Waals surface area contributed by atoms with E-state index in [0.717, 1.165) is 5.56 Å². The lowest BCUT2D eigenvalue weighted by atomic mass is 10.2. The first-order chi connectivity index (χ1) is 7.79. The second-order valence-corrected chi connectivity index (χ2v) is 3.82. The highest BCUT2D eigenvalue weighted by Gasteiger charge is 2.15. The molecule has 0 bridgehead atoms.